The minimum absolute atomic E-state index is 0.0148. The Kier molecular flexibility index (Phi) is 6.75. The van der Waals surface area contributed by atoms with E-state index in [2.05, 4.69) is 0 Å². The second-order valence-corrected chi connectivity index (χ2v) is 7.17. The van der Waals surface area contributed by atoms with Crippen LogP contribution in [-0.4, -0.2) is 61.0 Å². The zero-order chi connectivity index (χ0) is 20.8. The van der Waals surface area contributed by atoms with Gasteiger partial charge in [-0.1, -0.05) is 6.07 Å². The van der Waals surface area contributed by atoms with E-state index < -0.39 is 0 Å². The molecule has 1 aliphatic rings. The van der Waals surface area contributed by atoms with Gasteiger partial charge in [0.05, 0.1) is 6.61 Å². The second kappa shape index (κ2) is 9.45. The summed E-state index contributed by atoms with van der Waals surface area (Å²) in [5.41, 5.74) is 2.98. The van der Waals surface area contributed by atoms with Gasteiger partial charge in [-0.25, -0.2) is 0 Å². The van der Waals surface area contributed by atoms with Gasteiger partial charge in [0.25, 0.3) is 11.8 Å². The number of aryl methyl sites for hydroxylation is 2. The first-order chi connectivity index (χ1) is 14.0. The van der Waals surface area contributed by atoms with Gasteiger partial charge in [-0.15, -0.1) is 0 Å². The summed E-state index contributed by atoms with van der Waals surface area (Å²) in [7, 11) is 0. The summed E-state index contributed by atoms with van der Waals surface area (Å²) in [6, 6.07) is 13.0. The summed E-state index contributed by atoms with van der Waals surface area (Å²) in [5.74, 6) is 1.35. The van der Waals surface area contributed by atoms with Crippen molar-refractivity contribution < 1.29 is 19.1 Å². The van der Waals surface area contributed by atoms with Crippen molar-refractivity contribution in [3.05, 3.63) is 59.2 Å². The van der Waals surface area contributed by atoms with E-state index in [0.29, 0.717) is 44.1 Å². The number of nitrogens with zero attached hydrogens (tertiary/aromatic N) is 2. The van der Waals surface area contributed by atoms with E-state index in [1.165, 1.54) is 5.56 Å². The van der Waals surface area contributed by atoms with Crippen molar-refractivity contribution in [2.75, 3.05) is 39.4 Å². The summed E-state index contributed by atoms with van der Waals surface area (Å²) in [6.45, 7) is 8.65. The smallest absolute Gasteiger partial charge is 0.260 e. The quantitative estimate of drug-likeness (QED) is 0.753. The van der Waals surface area contributed by atoms with E-state index in [-0.39, 0.29) is 18.4 Å². The van der Waals surface area contributed by atoms with Crippen molar-refractivity contribution in [1.29, 1.82) is 0 Å². The standard InChI is InChI=1S/C23H28N2O4/c1-4-28-20-7-9-21(10-8-20)29-16-22(26)24-11-13-25(14-12-24)23(27)19-6-5-17(2)18(3)15-19/h5-10,15H,4,11-14,16H2,1-3H3. The van der Waals surface area contributed by atoms with E-state index in [0.717, 1.165) is 11.3 Å². The fraction of sp³-hybridized carbons (Fsp3) is 0.391. The molecule has 0 saturated carbocycles. The molecule has 0 unspecified atom stereocenters. The largest absolute Gasteiger partial charge is 0.494 e. The van der Waals surface area contributed by atoms with Gasteiger partial charge in [-0.2, -0.15) is 0 Å². The molecule has 0 aliphatic carbocycles. The number of benzene rings is 2. The SMILES string of the molecule is CCOc1ccc(OCC(=O)N2CCN(C(=O)c3ccc(C)c(C)c3)CC2)cc1. The highest BCUT2D eigenvalue weighted by Crippen LogP contribution is 2.18. The molecule has 1 saturated heterocycles. The Morgan fingerprint density at radius 3 is 2.00 bits per heavy atom. The summed E-state index contributed by atoms with van der Waals surface area (Å²) in [6.07, 6.45) is 0. The topological polar surface area (TPSA) is 59.1 Å². The summed E-state index contributed by atoms with van der Waals surface area (Å²) in [4.78, 5) is 28.7. The van der Waals surface area contributed by atoms with Crippen LogP contribution in [-0.2, 0) is 4.79 Å². The fourth-order valence-electron chi connectivity index (χ4n) is 3.25. The molecule has 1 aliphatic heterocycles. The Morgan fingerprint density at radius 1 is 0.828 bits per heavy atom. The van der Waals surface area contributed by atoms with Gasteiger partial charge in [-0.3, -0.25) is 9.59 Å². The fourth-order valence-corrected chi connectivity index (χ4v) is 3.25. The maximum Gasteiger partial charge on any atom is 0.260 e. The number of hydrogen-bond acceptors (Lipinski definition) is 4. The Balaban J connectivity index is 1.47. The third kappa shape index (κ3) is 5.28. The molecule has 2 aromatic carbocycles. The third-order valence-corrected chi connectivity index (χ3v) is 5.17. The van der Waals surface area contributed by atoms with Crippen LogP contribution in [0.5, 0.6) is 11.5 Å². The lowest BCUT2D eigenvalue weighted by Crippen LogP contribution is -2.51. The number of carbonyl (C=O) groups excluding carboxylic acids is 2. The molecular weight excluding hydrogens is 368 g/mol. The number of hydrogen-bond donors (Lipinski definition) is 0. The van der Waals surface area contributed by atoms with Crippen LogP contribution in [0.1, 0.15) is 28.4 Å². The minimum atomic E-state index is -0.0721. The highest BCUT2D eigenvalue weighted by molar-refractivity contribution is 5.94. The van der Waals surface area contributed by atoms with Gasteiger partial charge in [0.15, 0.2) is 6.61 Å². The number of ether oxygens (including phenoxy) is 2. The number of amides is 2. The van der Waals surface area contributed by atoms with Crippen molar-refractivity contribution in [1.82, 2.24) is 9.80 Å². The van der Waals surface area contributed by atoms with Gasteiger partial charge < -0.3 is 19.3 Å². The zero-order valence-corrected chi connectivity index (χ0v) is 17.3. The number of carbonyl (C=O) groups is 2. The van der Waals surface area contributed by atoms with Crippen LogP contribution in [0, 0.1) is 13.8 Å². The molecule has 6 nitrogen and oxygen atoms in total. The maximum absolute atomic E-state index is 12.7. The van der Waals surface area contributed by atoms with Crippen molar-refractivity contribution in [3.8, 4) is 11.5 Å². The van der Waals surface area contributed by atoms with Crippen LogP contribution in [0.25, 0.3) is 0 Å². The molecule has 3 rings (SSSR count). The van der Waals surface area contributed by atoms with Crippen molar-refractivity contribution in [2.24, 2.45) is 0 Å². The molecule has 0 bridgehead atoms. The Bertz CT molecular complexity index is 856. The third-order valence-electron chi connectivity index (χ3n) is 5.17. The van der Waals surface area contributed by atoms with E-state index >= 15 is 0 Å². The Labute approximate surface area is 172 Å². The maximum atomic E-state index is 12.7. The van der Waals surface area contributed by atoms with Crippen molar-refractivity contribution in [2.45, 2.75) is 20.8 Å². The van der Waals surface area contributed by atoms with Crippen molar-refractivity contribution >= 4 is 11.8 Å². The van der Waals surface area contributed by atoms with Crippen LogP contribution in [0.4, 0.5) is 0 Å². The molecule has 1 heterocycles. The first kappa shape index (κ1) is 20.7. The molecule has 0 radical (unpaired) electrons. The highest BCUT2D eigenvalue weighted by atomic mass is 16.5. The van der Waals surface area contributed by atoms with Gasteiger partial charge in [0.1, 0.15) is 11.5 Å². The molecule has 0 N–H and O–H groups in total. The van der Waals surface area contributed by atoms with Crippen LogP contribution in [0.3, 0.4) is 0 Å². The average molecular weight is 396 g/mol. The Morgan fingerprint density at radius 2 is 1.41 bits per heavy atom. The molecule has 154 valence electrons. The molecule has 2 amide bonds. The van der Waals surface area contributed by atoms with Gasteiger partial charge in [0, 0.05) is 31.7 Å². The van der Waals surface area contributed by atoms with Gasteiger partial charge in [0.2, 0.25) is 0 Å². The van der Waals surface area contributed by atoms with Crippen LogP contribution in [0.2, 0.25) is 0 Å². The average Bonchev–Trinajstić information content (AvgIpc) is 2.75. The van der Waals surface area contributed by atoms with Crippen LogP contribution >= 0.6 is 0 Å². The molecule has 1 fully saturated rings. The predicted octanol–water partition coefficient (Wildman–Crippen LogP) is 3.07. The molecule has 6 heteroatoms. The lowest BCUT2D eigenvalue weighted by atomic mass is 10.1. The van der Waals surface area contributed by atoms with Gasteiger partial charge in [-0.05, 0) is 68.3 Å². The number of rotatable bonds is 6. The summed E-state index contributed by atoms with van der Waals surface area (Å²) in [5, 5.41) is 0. The lowest BCUT2D eigenvalue weighted by Gasteiger charge is -2.34. The van der Waals surface area contributed by atoms with E-state index in [1.54, 1.807) is 21.9 Å². The molecule has 2 aromatic rings. The lowest BCUT2D eigenvalue weighted by molar-refractivity contribution is -0.134. The second-order valence-electron chi connectivity index (χ2n) is 7.17. The van der Waals surface area contributed by atoms with E-state index in [9.17, 15) is 9.59 Å². The minimum Gasteiger partial charge on any atom is -0.494 e. The monoisotopic (exact) mass is 396 g/mol. The highest BCUT2D eigenvalue weighted by Gasteiger charge is 2.25. The molecule has 29 heavy (non-hydrogen) atoms. The summed E-state index contributed by atoms with van der Waals surface area (Å²) < 4.78 is 11.0. The molecule has 0 aromatic heterocycles. The first-order valence-electron chi connectivity index (χ1n) is 9.98. The van der Waals surface area contributed by atoms with E-state index in [4.69, 9.17) is 9.47 Å². The first-order valence-corrected chi connectivity index (χ1v) is 9.98. The Hall–Kier alpha value is -3.02. The van der Waals surface area contributed by atoms with E-state index in [1.807, 2.05) is 51.1 Å². The number of piperazine rings is 1. The van der Waals surface area contributed by atoms with Gasteiger partial charge >= 0.3 is 0 Å². The summed E-state index contributed by atoms with van der Waals surface area (Å²) >= 11 is 0. The molecule has 0 atom stereocenters. The molecule has 0 spiro atoms. The van der Waals surface area contributed by atoms with Crippen LogP contribution < -0.4 is 9.47 Å². The zero-order valence-electron chi connectivity index (χ0n) is 17.3. The molecular formula is C23H28N2O4. The normalized spacial score (nSPS) is 13.9. The van der Waals surface area contributed by atoms with Crippen LogP contribution in [0.15, 0.2) is 42.5 Å². The van der Waals surface area contributed by atoms with Crippen molar-refractivity contribution in [3.63, 3.8) is 0 Å². The predicted molar refractivity (Wildman–Crippen MR) is 112 cm³/mol.